The van der Waals surface area contributed by atoms with Gasteiger partial charge in [0.25, 0.3) is 11.8 Å². The second kappa shape index (κ2) is 8.60. The van der Waals surface area contributed by atoms with E-state index in [-0.39, 0.29) is 30.0 Å². The van der Waals surface area contributed by atoms with Gasteiger partial charge in [-0.25, -0.2) is 4.79 Å². The van der Waals surface area contributed by atoms with Crippen LogP contribution in [0.25, 0.3) is 11.5 Å². The van der Waals surface area contributed by atoms with Crippen molar-refractivity contribution in [1.29, 1.82) is 0 Å². The average molecular weight is 434 g/mol. The average Bonchev–Trinajstić information content (AvgIpc) is 3.34. The van der Waals surface area contributed by atoms with E-state index < -0.39 is 12.3 Å². The third kappa shape index (κ3) is 4.38. The van der Waals surface area contributed by atoms with Gasteiger partial charge in [0.05, 0.1) is 12.1 Å². The maximum absolute atomic E-state index is 13.0. The van der Waals surface area contributed by atoms with Crippen LogP contribution in [0.2, 0.25) is 0 Å². The minimum Gasteiger partial charge on any atom is -0.447 e. The van der Waals surface area contributed by atoms with E-state index in [9.17, 15) is 18.4 Å². The van der Waals surface area contributed by atoms with Gasteiger partial charge in [-0.3, -0.25) is 4.79 Å². The summed E-state index contributed by atoms with van der Waals surface area (Å²) in [4.78, 5) is 28.9. The van der Waals surface area contributed by atoms with Gasteiger partial charge in [0, 0.05) is 30.8 Å². The van der Waals surface area contributed by atoms with Crippen LogP contribution in [0.1, 0.15) is 61.3 Å². The topological polar surface area (TPSA) is 88.8 Å². The summed E-state index contributed by atoms with van der Waals surface area (Å²) in [5.74, 6) is -0.985. The summed E-state index contributed by atoms with van der Waals surface area (Å²) in [5.41, 5.74) is 1.71. The lowest BCUT2D eigenvalue weighted by Gasteiger charge is -2.37. The predicted molar refractivity (Wildman–Crippen MR) is 105 cm³/mol. The van der Waals surface area contributed by atoms with Crippen LogP contribution >= 0.6 is 0 Å². The van der Waals surface area contributed by atoms with E-state index in [0.717, 1.165) is 24.8 Å². The molecule has 1 fully saturated rings. The molecule has 0 aliphatic carbocycles. The normalized spacial score (nSPS) is 18.8. The van der Waals surface area contributed by atoms with E-state index in [2.05, 4.69) is 10.2 Å². The number of carbonyl (C=O) groups excluding carboxylic acids is 2. The number of hydrogen-bond donors (Lipinski definition) is 0. The second-order valence-corrected chi connectivity index (χ2v) is 8.08. The fourth-order valence-electron chi connectivity index (χ4n) is 4.04. The minimum atomic E-state index is -2.85. The number of rotatable bonds is 5. The van der Waals surface area contributed by atoms with Crippen molar-refractivity contribution < 1.29 is 27.5 Å². The Kier molecular flexibility index (Phi) is 5.88. The summed E-state index contributed by atoms with van der Waals surface area (Å²) in [6, 6.07) is 4.92. The number of nitrogens with zero attached hydrogens (tertiary/aromatic N) is 4. The van der Waals surface area contributed by atoms with Crippen molar-refractivity contribution in [3.63, 3.8) is 0 Å². The number of amides is 2. The fraction of sp³-hybridized carbons (Fsp3) is 0.524. The monoisotopic (exact) mass is 434 g/mol. The molecule has 3 heterocycles. The molecule has 166 valence electrons. The van der Waals surface area contributed by atoms with Gasteiger partial charge in [-0.1, -0.05) is 6.07 Å². The first kappa shape index (κ1) is 21.2. The summed E-state index contributed by atoms with van der Waals surface area (Å²) >= 11 is 0. The summed E-state index contributed by atoms with van der Waals surface area (Å²) < 4.78 is 35.8. The lowest BCUT2D eigenvalue weighted by Crippen LogP contribution is -2.50. The third-order valence-corrected chi connectivity index (χ3v) is 5.49. The quantitative estimate of drug-likeness (QED) is 0.706. The highest BCUT2D eigenvalue weighted by molar-refractivity contribution is 5.99. The van der Waals surface area contributed by atoms with Crippen molar-refractivity contribution in [2.24, 2.45) is 0 Å². The molecule has 0 unspecified atom stereocenters. The van der Waals surface area contributed by atoms with Gasteiger partial charge < -0.3 is 19.0 Å². The third-order valence-electron chi connectivity index (χ3n) is 5.49. The van der Waals surface area contributed by atoms with Gasteiger partial charge in [-0.2, -0.15) is 8.78 Å². The Hall–Kier alpha value is -3.04. The van der Waals surface area contributed by atoms with Crippen LogP contribution in [-0.2, 0) is 11.3 Å². The molecule has 0 radical (unpaired) electrons. The van der Waals surface area contributed by atoms with E-state index in [1.54, 1.807) is 28.0 Å². The number of carbonyl (C=O) groups is 2. The summed E-state index contributed by atoms with van der Waals surface area (Å²) in [6.45, 7) is 5.06. The molecule has 2 aliphatic rings. The first-order valence-corrected chi connectivity index (χ1v) is 10.3. The number of fused-ring (bicyclic) bond motifs is 1. The molecule has 0 bridgehead atoms. The highest BCUT2D eigenvalue weighted by atomic mass is 19.3. The minimum absolute atomic E-state index is 0.0563. The van der Waals surface area contributed by atoms with Crippen molar-refractivity contribution >= 4 is 12.0 Å². The van der Waals surface area contributed by atoms with Crippen molar-refractivity contribution in [3.8, 4) is 11.5 Å². The summed E-state index contributed by atoms with van der Waals surface area (Å²) in [7, 11) is 0. The molecule has 0 saturated carbocycles. The van der Waals surface area contributed by atoms with Crippen LogP contribution in [0.5, 0.6) is 0 Å². The Morgan fingerprint density at radius 1 is 1.29 bits per heavy atom. The maximum Gasteiger partial charge on any atom is 0.410 e. The molecule has 1 saturated heterocycles. The Bertz CT molecular complexity index is 978. The molecule has 1 aromatic heterocycles. The number of halogens is 2. The SMILES string of the molecule is CC(C)OC(=O)N1CCCC[C@@H]1CN1Cc2ccc(-c3nnc(C(F)F)o3)cc2C1=O. The van der Waals surface area contributed by atoms with Crippen LogP contribution in [-0.4, -0.2) is 57.2 Å². The molecule has 10 heteroatoms. The van der Waals surface area contributed by atoms with Crippen LogP contribution in [0, 0.1) is 0 Å². The standard InChI is InChI=1S/C21H24F2N4O4/c1-12(2)30-21(29)27-8-4-3-5-15(27)11-26-10-14-7-6-13(9-16(14)20(26)28)18-24-25-19(31-18)17(22)23/h6-7,9,12,15,17H,3-5,8,10-11H2,1-2H3/t15-/m1/s1. The lowest BCUT2D eigenvalue weighted by atomic mass is 10.0. The number of aromatic nitrogens is 2. The molecular formula is C21H24F2N4O4. The van der Waals surface area contributed by atoms with E-state index in [1.165, 1.54) is 0 Å². The van der Waals surface area contributed by atoms with Crippen LogP contribution < -0.4 is 0 Å². The Balaban J connectivity index is 1.49. The zero-order valence-corrected chi connectivity index (χ0v) is 17.4. The van der Waals surface area contributed by atoms with E-state index >= 15 is 0 Å². The first-order valence-electron chi connectivity index (χ1n) is 10.3. The number of piperidine rings is 1. The molecule has 2 aliphatic heterocycles. The molecule has 1 aromatic carbocycles. The molecule has 0 N–H and O–H groups in total. The number of likely N-dealkylation sites (tertiary alicyclic amines) is 1. The highest BCUT2D eigenvalue weighted by Crippen LogP contribution is 2.30. The van der Waals surface area contributed by atoms with Crippen molar-refractivity contribution in [2.45, 2.75) is 58.2 Å². The van der Waals surface area contributed by atoms with E-state index in [1.807, 2.05) is 13.8 Å². The zero-order valence-electron chi connectivity index (χ0n) is 17.4. The van der Waals surface area contributed by atoms with Gasteiger partial charge in [0.2, 0.25) is 5.89 Å². The highest BCUT2D eigenvalue weighted by Gasteiger charge is 2.35. The lowest BCUT2D eigenvalue weighted by molar-refractivity contribution is 0.0404. The molecule has 4 rings (SSSR count). The first-order chi connectivity index (χ1) is 14.8. The smallest absolute Gasteiger partial charge is 0.410 e. The zero-order chi connectivity index (χ0) is 22.1. The molecule has 31 heavy (non-hydrogen) atoms. The van der Waals surface area contributed by atoms with Gasteiger partial charge >= 0.3 is 12.5 Å². The molecule has 2 amide bonds. The second-order valence-electron chi connectivity index (χ2n) is 8.08. The number of ether oxygens (including phenoxy) is 1. The van der Waals surface area contributed by atoms with Crippen molar-refractivity contribution in [1.82, 2.24) is 20.0 Å². The van der Waals surface area contributed by atoms with Gasteiger partial charge in [0.15, 0.2) is 0 Å². The van der Waals surface area contributed by atoms with Crippen LogP contribution in [0.15, 0.2) is 22.6 Å². The summed E-state index contributed by atoms with van der Waals surface area (Å²) in [5, 5.41) is 6.97. The maximum atomic E-state index is 13.0. The van der Waals surface area contributed by atoms with E-state index in [0.29, 0.717) is 30.8 Å². The van der Waals surface area contributed by atoms with Crippen LogP contribution in [0.4, 0.5) is 13.6 Å². The molecule has 0 spiro atoms. The largest absolute Gasteiger partial charge is 0.447 e. The van der Waals surface area contributed by atoms with E-state index in [4.69, 9.17) is 9.15 Å². The predicted octanol–water partition coefficient (Wildman–Crippen LogP) is 4.03. The van der Waals surface area contributed by atoms with Gasteiger partial charge in [-0.05, 0) is 50.8 Å². The molecule has 8 nitrogen and oxygen atoms in total. The number of alkyl halides is 2. The summed E-state index contributed by atoms with van der Waals surface area (Å²) in [6.07, 6.45) is -0.713. The molecule has 1 atom stereocenters. The Labute approximate surface area is 178 Å². The Morgan fingerprint density at radius 2 is 2.10 bits per heavy atom. The molecular weight excluding hydrogens is 410 g/mol. The fourth-order valence-corrected chi connectivity index (χ4v) is 4.04. The van der Waals surface area contributed by atoms with Crippen LogP contribution in [0.3, 0.4) is 0 Å². The van der Waals surface area contributed by atoms with Gasteiger partial charge in [0.1, 0.15) is 0 Å². The number of hydrogen-bond acceptors (Lipinski definition) is 6. The van der Waals surface area contributed by atoms with Crippen molar-refractivity contribution in [2.75, 3.05) is 13.1 Å². The molecule has 2 aromatic rings. The van der Waals surface area contributed by atoms with Crippen molar-refractivity contribution in [3.05, 3.63) is 35.2 Å². The number of benzene rings is 1. The van der Waals surface area contributed by atoms with Gasteiger partial charge in [-0.15, -0.1) is 10.2 Å². The Morgan fingerprint density at radius 3 is 2.81 bits per heavy atom.